The number of halogens is 4. The lowest BCUT2D eigenvalue weighted by Gasteiger charge is -2.15. The molecule has 1 amide bonds. The molecule has 0 fully saturated rings. The molecular weight excluding hydrogens is 453 g/mol. The standard InChI is InChI=1S/C20H18ClF3N4O2S/c1-3-28-18(12-7-4-5-10-15(12)30-2)26-27-19(28)31-11-16(29)25-17-13(20(22,23)24)8-6-9-14(17)21/h4-10H,3,11H2,1-2H3,(H,25,29). The van der Waals surface area contributed by atoms with Crippen LogP contribution < -0.4 is 10.1 Å². The number of nitrogens with one attached hydrogen (secondary N) is 1. The van der Waals surface area contributed by atoms with Crippen molar-refractivity contribution in [1.82, 2.24) is 14.8 Å². The fourth-order valence-electron chi connectivity index (χ4n) is 2.90. The van der Waals surface area contributed by atoms with Gasteiger partial charge >= 0.3 is 6.18 Å². The van der Waals surface area contributed by atoms with E-state index in [1.165, 1.54) is 12.1 Å². The van der Waals surface area contributed by atoms with Gasteiger partial charge in [-0.15, -0.1) is 10.2 Å². The third-order valence-corrected chi connectivity index (χ3v) is 5.58. The molecule has 0 aliphatic heterocycles. The van der Waals surface area contributed by atoms with Crippen molar-refractivity contribution in [3.63, 3.8) is 0 Å². The van der Waals surface area contributed by atoms with Gasteiger partial charge in [0.2, 0.25) is 5.91 Å². The monoisotopic (exact) mass is 470 g/mol. The Morgan fingerprint density at radius 2 is 1.94 bits per heavy atom. The van der Waals surface area contributed by atoms with E-state index in [1.807, 2.05) is 25.1 Å². The Hall–Kier alpha value is -2.72. The van der Waals surface area contributed by atoms with Crippen LogP contribution in [0.5, 0.6) is 5.75 Å². The highest BCUT2D eigenvalue weighted by molar-refractivity contribution is 7.99. The highest BCUT2D eigenvalue weighted by atomic mass is 35.5. The fourth-order valence-corrected chi connectivity index (χ4v) is 3.93. The van der Waals surface area contributed by atoms with E-state index >= 15 is 0 Å². The van der Waals surface area contributed by atoms with Crippen molar-refractivity contribution < 1.29 is 22.7 Å². The summed E-state index contributed by atoms with van der Waals surface area (Å²) < 4.78 is 46.8. The van der Waals surface area contributed by atoms with Crippen LogP contribution >= 0.6 is 23.4 Å². The number of para-hydroxylation sites is 2. The largest absolute Gasteiger partial charge is 0.496 e. The molecule has 2 aromatic carbocycles. The van der Waals surface area contributed by atoms with Crippen LogP contribution in [0.3, 0.4) is 0 Å². The number of nitrogens with zero attached hydrogens (tertiary/aromatic N) is 3. The molecule has 3 aromatic rings. The summed E-state index contributed by atoms with van der Waals surface area (Å²) in [7, 11) is 1.55. The summed E-state index contributed by atoms with van der Waals surface area (Å²) >= 11 is 6.94. The summed E-state index contributed by atoms with van der Waals surface area (Å²) in [6.45, 7) is 2.42. The van der Waals surface area contributed by atoms with Gasteiger partial charge in [0, 0.05) is 6.54 Å². The van der Waals surface area contributed by atoms with Gasteiger partial charge in [-0.1, -0.05) is 41.6 Å². The van der Waals surface area contributed by atoms with Gasteiger partial charge in [0.05, 0.1) is 34.7 Å². The molecule has 0 atom stereocenters. The number of hydrogen-bond acceptors (Lipinski definition) is 5. The van der Waals surface area contributed by atoms with E-state index < -0.39 is 23.3 Å². The average Bonchev–Trinajstić information content (AvgIpc) is 3.15. The smallest absolute Gasteiger partial charge is 0.418 e. The SMILES string of the molecule is CCn1c(SCC(=O)Nc2c(Cl)cccc2C(F)(F)F)nnc1-c1ccccc1OC. The maximum atomic E-state index is 13.2. The van der Waals surface area contributed by atoms with Crippen molar-refractivity contribution in [3.8, 4) is 17.1 Å². The van der Waals surface area contributed by atoms with E-state index in [0.717, 1.165) is 23.4 Å². The van der Waals surface area contributed by atoms with Crippen LogP contribution in [-0.4, -0.2) is 33.5 Å². The van der Waals surface area contributed by atoms with Gasteiger partial charge in [-0.2, -0.15) is 13.2 Å². The molecule has 1 N–H and O–H groups in total. The Labute approximate surface area is 185 Å². The molecule has 164 valence electrons. The number of hydrogen-bond donors (Lipinski definition) is 1. The number of carbonyl (C=O) groups is 1. The zero-order valence-electron chi connectivity index (χ0n) is 16.5. The van der Waals surface area contributed by atoms with E-state index in [1.54, 1.807) is 17.7 Å². The number of benzene rings is 2. The first-order chi connectivity index (χ1) is 14.8. The molecule has 1 aromatic heterocycles. The van der Waals surface area contributed by atoms with Crippen molar-refractivity contribution in [3.05, 3.63) is 53.1 Å². The summed E-state index contributed by atoms with van der Waals surface area (Å²) in [5, 5.41) is 10.8. The van der Waals surface area contributed by atoms with E-state index in [0.29, 0.717) is 23.3 Å². The zero-order chi connectivity index (χ0) is 22.6. The van der Waals surface area contributed by atoms with Crippen molar-refractivity contribution in [2.24, 2.45) is 0 Å². The molecule has 3 rings (SSSR count). The van der Waals surface area contributed by atoms with Gasteiger partial charge in [-0.3, -0.25) is 4.79 Å². The second kappa shape index (κ2) is 9.61. The number of aromatic nitrogens is 3. The van der Waals surface area contributed by atoms with Crippen LogP contribution in [-0.2, 0) is 17.5 Å². The van der Waals surface area contributed by atoms with Gasteiger partial charge in [0.15, 0.2) is 11.0 Å². The topological polar surface area (TPSA) is 69.0 Å². The van der Waals surface area contributed by atoms with E-state index in [-0.39, 0.29) is 10.8 Å². The van der Waals surface area contributed by atoms with Crippen molar-refractivity contribution in [2.45, 2.75) is 24.8 Å². The second-order valence-electron chi connectivity index (χ2n) is 6.25. The Morgan fingerprint density at radius 3 is 2.61 bits per heavy atom. The van der Waals surface area contributed by atoms with Gasteiger partial charge in [0.25, 0.3) is 0 Å². The molecule has 6 nitrogen and oxygen atoms in total. The third kappa shape index (κ3) is 5.13. The zero-order valence-corrected chi connectivity index (χ0v) is 18.1. The number of alkyl halides is 3. The summed E-state index contributed by atoms with van der Waals surface area (Å²) in [5.41, 5.74) is -0.732. The molecule has 0 bridgehead atoms. The maximum Gasteiger partial charge on any atom is 0.418 e. The maximum absolute atomic E-state index is 13.2. The summed E-state index contributed by atoms with van der Waals surface area (Å²) in [4.78, 5) is 12.4. The third-order valence-electron chi connectivity index (χ3n) is 4.30. The lowest BCUT2D eigenvalue weighted by atomic mass is 10.1. The number of thioether (sulfide) groups is 1. The average molecular weight is 471 g/mol. The van der Waals surface area contributed by atoms with Crippen LogP contribution in [0.4, 0.5) is 18.9 Å². The number of amides is 1. The molecule has 1 heterocycles. The first-order valence-corrected chi connectivity index (χ1v) is 10.5. The number of ether oxygens (including phenoxy) is 1. The van der Waals surface area contributed by atoms with Crippen molar-refractivity contribution in [1.29, 1.82) is 0 Å². The van der Waals surface area contributed by atoms with Crippen LogP contribution in [0.15, 0.2) is 47.6 Å². The number of anilines is 1. The molecule has 0 saturated carbocycles. The quantitative estimate of drug-likeness (QED) is 0.470. The molecule has 0 saturated heterocycles. The lowest BCUT2D eigenvalue weighted by molar-refractivity contribution is -0.137. The van der Waals surface area contributed by atoms with Crippen LogP contribution in [0.25, 0.3) is 11.4 Å². The first-order valence-electron chi connectivity index (χ1n) is 9.11. The number of methoxy groups -OCH3 is 1. The van der Waals surface area contributed by atoms with Crippen molar-refractivity contribution in [2.75, 3.05) is 18.2 Å². The van der Waals surface area contributed by atoms with E-state index in [4.69, 9.17) is 16.3 Å². The van der Waals surface area contributed by atoms with E-state index in [9.17, 15) is 18.0 Å². The fraction of sp³-hybridized carbons (Fsp3) is 0.250. The predicted molar refractivity (Wildman–Crippen MR) is 113 cm³/mol. The molecule has 0 aliphatic rings. The minimum atomic E-state index is -4.65. The minimum Gasteiger partial charge on any atom is -0.496 e. The highest BCUT2D eigenvalue weighted by Gasteiger charge is 2.34. The van der Waals surface area contributed by atoms with Crippen LogP contribution in [0.1, 0.15) is 12.5 Å². The Balaban J connectivity index is 1.77. The normalized spacial score (nSPS) is 11.4. The van der Waals surface area contributed by atoms with Gasteiger partial charge in [-0.05, 0) is 31.2 Å². The summed E-state index contributed by atoms with van der Waals surface area (Å²) in [6.07, 6.45) is -4.65. The van der Waals surface area contributed by atoms with Gasteiger partial charge < -0.3 is 14.6 Å². The Bertz CT molecular complexity index is 1090. The molecule has 0 radical (unpaired) electrons. The Kier molecular flexibility index (Phi) is 7.11. The molecular formula is C20H18ClF3N4O2S. The van der Waals surface area contributed by atoms with Crippen molar-refractivity contribution >= 4 is 35.0 Å². The molecule has 31 heavy (non-hydrogen) atoms. The summed E-state index contributed by atoms with van der Waals surface area (Å²) in [5.74, 6) is 0.366. The molecule has 0 aliphatic carbocycles. The first kappa shape index (κ1) is 23.0. The summed E-state index contributed by atoms with van der Waals surface area (Å²) in [6, 6.07) is 10.6. The van der Waals surface area contributed by atoms with E-state index in [2.05, 4.69) is 15.5 Å². The van der Waals surface area contributed by atoms with Gasteiger partial charge in [-0.25, -0.2) is 0 Å². The van der Waals surface area contributed by atoms with Crippen LogP contribution in [0, 0.1) is 0 Å². The molecule has 11 heteroatoms. The highest BCUT2D eigenvalue weighted by Crippen LogP contribution is 2.38. The predicted octanol–water partition coefficient (Wildman–Crippen LogP) is 5.38. The number of rotatable bonds is 7. The minimum absolute atomic E-state index is 0.174. The Morgan fingerprint density at radius 1 is 1.19 bits per heavy atom. The second-order valence-corrected chi connectivity index (χ2v) is 7.60. The molecule has 0 spiro atoms. The molecule has 0 unspecified atom stereocenters. The van der Waals surface area contributed by atoms with Gasteiger partial charge in [0.1, 0.15) is 5.75 Å². The number of carbonyl (C=O) groups excluding carboxylic acids is 1. The lowest BCUT2D eigenvalue weighted by Crippen LogP contribution is -2.19. The van der Waals surface area contributed by atoms with Crippen LogP contribution in [0.2, 0.25) is 5.02 Å².